The number of nitriles is 1. The molecule has 1 saturated heterocycles. The summed E-state index contributed by atoms with van der Waals surface area (Å²) in [6.07, 6.45) is -1.50. The molecule has 0 N–H and O–H groups in total. The Morgan fingerprint density at radius 2 is 1.92 bits per heavy atom. The number of benzene rings is 1. The Kier molecular flexibility index (Phi) is 4.65. The number of amides is 2. The first-order valence-corrected chi connectivity index (χ1v) is 8.44. The van der Waals surface area contributed by atoms with Crippen LogP contribution in [0.1, 0.15) is 43.7 Å². The van der Waals surface area contributed by atoms with E-state index in [1.54, 1.807) is 6.07 Å². The standard InChI is InChI=1S/C18H18F3N3O2/c1-11(25)10-23-15-4-2-3-5-16(15)24(17(23)26)13-7-6-12(9-22)14(8-13)18(19,20)21/h6-8,15-16H,2-5,10H2,1H3. The first kappa shape index (κ1) is 18.2. The van der Waals surface area contributed by atoms with Crippen molar-refractivity contribution < 1.29 is 22.8 Å². The molecule has 1 saturated carbocycles. The van der Waals surface area contributed by atoms with Crippen molar-refractivity contribution in [1.29, 1.82) is 5.26 Å². The molecule has 1 heterocycles. The molecule has 8 heteroatoms. The molecule has 1 aliphatic heterocycles. The first-order valence-electron chi connectivity index (χ1n) is 8.44. The number of Topliss-reactive ketones (excluding diaryl/α,β-unsaturated/α-hetero) is 1. The first-order chi connectivity index (χ1) is 12.2. The zero-order valence-electron chi connectivity index (χ0n) is 14.2. The maximum atomic E-state index is 13.3. The molecule has 0 spiro atoms. The molecule has 2 atom stereocenters. The maximum Gasteiger partial charge on any atom is 0.417 e. The number of ketones is 1. The second-order valence-corrected chi connectivity index (χ2v) is 6.74. The topological polar surface area (TPSA) is 64.4 Å². The van der Waals surface area contributed by atoms with Gasteiger partial charge in [0, 0.05) is 5.69 Å². The Bertz CT molecular complexity index is 785. The van der Waals surface area contributed by atoms with Gasteiger partial charge in [0.25, 0.3) is 0 Å². The van der Waals surface area contributed by atoms with Gasteiger partial charge in [-0.05, 0) is 38.0 Å². The summed E-state index contributed by atoms with van der Waals surface area (Å²) in [6.45, 7) is 1.34. The minimum absolute atomic E-state index is 0.0428. The molecule has 1 aromatic rings. The predicted octanol–water partition coefficient (Wildman–Crippen LogP) is 3.72. The largest absolute Gasteiger partial charge is 0.417 e. The van der Waals surface area contributed by atoms with E-state index in [1.165, 1.54) is 22.8 Å². The molecule has 2 fully saturated rings. The maximum absolute atomic E-state index is 13.3. The van der Waals surface area contributed by atoms with E-state index in [0.29, 0.717) is 6.42 Å². The quantitative estimate of drug-likeness (QED) is 0.820. The normalized spacial score (nSPS) is 23.0. The third kappa shape index (κ3) is 3.14. The highest BCUT2D eigenvalue weighted by molar-refractivity contribution is 5.98. The smallest absolute Gasteiger partial charge is 0.312 e. The van der Waals surface area contributed by atoms with E-state index in [4.69, 9.17) is 5.26 Å². The highest BCUT2D eigenvalue weighted by Crippen LogP contribution is 2.40. The third-order valence-corrected chi connectivity index (χ3v) is 4.98. The second kappa shape index (κ2) is 6.63. The molecule has 1 aliphatic carbocycles. The van der Waals surface area contributed by atoms with Crippen molar-refractivity contribution in [2.75, 3.05) is 11.4 Å². The fourth-order valence-electron chi connectivity index (χ4n) is 3.92. The summed E-state index contributed by atoms with van der Waals surface area (Å²) in [5.74, 6) is -0.166. The van der Waals surface area contributed by atoms with E-state index in [1.807, 2.05) is 0 Å². The van der Waals surface area contributed by atoms with Crippen LogP contribution in [0.4, 0.5) is 23.7 Å². The summed E-state index contributed by atoms with van der Waals surface area (Å²) in [6, 6.07) is 3.98. The lowest BCUT2D eigenvalue weighted by Crippen LogP contribution is -2.41. The molecule has 0 bridgehead atoms. The van der Waals surface area contributed by atoms with Crippen molar-refractivity contribution in [2.24, 2.45) is 0 Å². The monoisotopic (exact) mass is 365 g/mol. The molecular weight excluding hydrogens is 347 g/mol. The fourth-order valence-corrected chi connectivity index (χ4v) is 3.92. The van der Waals surface area contributed by atoms with Gasteiger partial charge in [-0.25, -0.2) is 4.79 Å². The number of rotatable bonds is 3. The van der Waals surface area contributed by atoms with Crippen molar-refractivity contribution in [3.8, 4) is 6.07 Å². The molecule has 5 nitrogen and oxygen atoms in total. The van der Waals surface area contributed by atoms with Crippen LogP contribution in [0, 0.1) is 11.3 Å². The second-order valence-electron chi connectivity index (χ2n) is 6.74. The summed E-state index contributed by atoms with van der Waals surface area (Å²) in [4.78, 5) is 27.2. The highest BCUT2D eigenvalue weighted by atomic mass is 19.4. The predicted molar refractivity (Wildman–Crippen MR) is 87.5 cm³/mol. The number of anilines is 1. The van der Waals surface area contributed by atoms with E-state index in [-0.39, 0.29) is 30.1 Å². The number of fused-ring (bicyclic) bond motifs is 1. The number of halogens is 3. The third-order valence-electron chi connectivity index (χ3n) is 4.98. The molecule has 2 amide bonds. The van der Waals surface area contributed by atoms with Gasteiger partial charge in [0.05, 0.1) is 35.8 Å². The van der Waals surface area contributed by atoms with Gasteiger partial charge in [-0.3, -0.25) is 9.69 Å². The van der Waals surface area contributed by atoms with Crippen molar-refractivity contribution >= 4 is 17.5 Å². The van der Waals surface area contributed by atoms with Gasteiger partial charge in [0.2, 0.25) is 0 Å². The van der Waals surface area contributed by atoms with Gasteiger partial charge >= 0.3 is 12.2 Å². The van der Waals surface area contributed by atoms with E-state index >= 15 is 0 Å². The highest BCUT2D eigenvalue weighted by Gasteiger charge is 2.48. The van der Waals surface area contributed by atoms with Crippen molar-refractivity contribution in [3.63, 3.8) is 0 Å². The summed E-state index contributed by atoms with van der Waals surface area (Å²) in [5, 5.41) is 8.94. The number of nitrogens with zero attached hydrogens (tertiary/aromatic N) is 3. The minimum atomic E-state index is -4.69. The van der Waals surface area contributed by atoms with Crippen molar-refractivity contribution in [2.45, 2.75) is 50.9 Å². The summed E-state index contributed by atoms with van der Waals surface area (Å²) in [5.41, 5.74) is -1.42. The Labute approximate surface area is 149 Å². The summed E-state index contributed by atoms with van der Waals surface area (Å²) >= 11 is 0. The molecule has 3 rings (SSSR count). The molecule has 1 aromatic carbocycles. The van der Waals surface area contributed by atoms with E-state index < -0.39 is 23.3 Å². The molecule has 26 heavy (non-hydrogen) atoms. The minimum Gasteiger partial charge on any atom is -0.312 e. The zero-order chi connectivity index (χ0) is 19.1. The van der Waals surface area contributed by atoms with Crippen LogP contribution in [0.5, 0.6) is 0 Å². The number of alkyl halides is 3. The van der Waals surface area contributed by atoms with E-state index in [0.717, 1.165) is 31.4 Å². The number of hydrogen-bond acceptors (Lipinski definition) is 3. The SMILES string of the molecule is CC(=O)CN1C(=O)N(c2ccc(C#N)c(C(F)(F)F)c2)C2CCCCC21. The number of carbonyl (C=O) groups excluding carboxylic acids is 2. The molecule has 0 aromatic heterocycles. The molecule has 0 radical (unpaired) electrons. The van der Waals surface area contributed by atoms with Crippen LogP contribution in [0.2, 0.25) is 0 Å². The lowest BCUT2D eigenvalue weighted by molar-refractivity contribution is -0.137. The van der Waals surface area contributed by atoms with E-state index in [9.17, 15) is 22.8 Å². The lowest BCUT2D eigenvalue weighted by atomic mass is 9.90. The summed E-state index contributed by atoms with van der Waals surface area (Å²) < 4.78 is 39.8. The molecular formula is C18H18F3N3O2. The number of hydrogen-bond donors (Lipinski definition) is 0. The average molecular weight is 365 g/mol. The van der Waals surface area contributed by atoms with Crippen LogP contribution in [0.3, 0.4) is 0 Å². The van der Waals surface area contributed by atoms with E-state index in [2.05, 4.69) is 0 Å². The van der Waals surface area contributed by atoms with Crippen LogP contribution in [0.15, 0.2) is 18.2 Å². The van der Waals surface area contributed by atoms with Crippen LogP contribution in [-0.4, -0.2) is 35.3 Å². The van der Waals surface area contributed by atoms with Gasteiger partial charge in [0.15, 0.2) is 0 Å². The Balaban J connectivity index is 2.04. The molecule has 138 valence electrons. The van der Waals surface area contributed by atoms with Crippen LogP contribution in [-0.2, 0) is 11.0 Å². The van der Waals surface area contributed by atoms with Crippen LogP contribution < -0.4 is 4.90 Å². The van der Waals surface area contributed by atoms with Gasteiger partial charge in [-0.2, -0.15) is 18.4 Å². The van der Waals surface area contributed by atoms with Crippen molar-refractivity contribution in [3.05, 3.63) is 29.3 Å². The summed E-state index contributed by atoms with van der Waals surface area (Å²) in [7, 11) is 0. The van der Waals surface area contributed by atoms with Crippen LogP contribution >= 0.6 is 0 Å². The number of urea groups is 1. The van der Waals surface area contributed by atoms with Crippen LogP contribution in [0.25, 0.3) is 0 Å². The van der Waals surface area contributed by atoms with Gasteiger partial charge in [0.1, 0.15) is 5.78 Å². The van der Waals surface area contributed by atoms with Gasteiger partial charge in [-0.15, -0.1) is 0 Å². The lowest BCUT2D eigenvalue weighted by Gasteiger charge is -2.31. The number of carbonyl (C=O) groups is 2. The zero-order valence-corrected chi connectivity index (χ0v) is 14.2. The average Bonchev–Trinajstić information content (AvgIpc) is 2.85. The Morgan fingerprint density at radius 1 is 1.27 bits per heavy atom. The molecule has 2 aliphatic rings. The fraction of sp³-hybridized carbons (Fsp3) is 0.500. The van der Waals surface area contributed by atoms with Crippen molar-refractivity contribution in [1.82, 2.24) is 4.90 Å². The Hall–Kier alpha value is -2.56. The van der Waals surface area contributed by atoms with Gasteiger partial charge in [-0.1, -0.05) is 12.8 Å². The Morgan fingerprint density at radius 3 is 2.50 bits per heavy atom. The molecule has 2 unspecified atom stereocenters. The van der Waals surface area contributed by atoms with Gasteiger partial charge < -0.3 is 4.90 Å².